The second kappa shape index (κ2) is 5.03. The van der Waals surface area contributed by atoms with Crippen LogP contribution in [0.5, 0.6) is 0 Å². The minimum Gasteiger partial charge on any atom is -0.352 e. The maximum atomic E-state index is 11.7. The Hall–Kier alpha value is -1.49. The number of carbonyl (C=O) groups excluding carboxylic acids is 1. The first kappa shape index (κ1) is 11.0. The van der Waals surface area contributed by atoms with Crippen molar-refractivity contribution in [1.29, 1.82) is 0 Å². The maximum absolute atomic E-state index is 11.7. The van der Waals surface area contributed by atoms with Crippen LogP contribution < -0.4 is 5.32 Å². The molecule has 0 fully saturated rings. The minimum absolute atomic E-state index is 0.0243. The van der Waals surface area contributed by atoms with Crippen molar-refractivity contribution in [2.24, 2.45) is 0 Å². The van der Waals surface area contributed by atoms with Crippen molar-refractivity contribution in [3.05, 3.63) is 23.8 Å². The minimum atomic E-state index is -0.0243. The van der Waals surface area contributed by atoms with Gasteiger partial charge in [-0.2, -0.15) is 0 Å². The van der Waals surface area contributed by atoms with Crippen LogP contribution in [0.4, 0.5) is 0 Å². The summed E-state index contributed by atoms with van der Waals surface area (Å²) >= 11 is 1.31. The van der Waals surface area contributed by atoms with Crippen LogP contribution in [-0.4, -0.2) is 22.0 Å². The molecular weight excluding hydrogens is 222 g/mol. The van der Waals surface area contributed by atoms with Gasteiger partial charge in [-0.1, -0.05) is 17.8 Å². The van der Waals surface area contributed by atoms with E-state index in [4.69, 9.17) is 0 Å². The highest BCUT2D eigenvalue weighted by Gasteiger charge is 2.06. The molecule has 0 atom stereocenters. The number of fused-ring (bicyclic) bond motifs is 1. The van der Waals surface area contributed by atoms with Gasteiger partial charge in [-0.25, -0.2) is 0 Å². The summed E-state index contributed by atoms with van der Waals surface area (Å²) in [4.78, 5) is 11.7. The SMILES string of the molecule is CCCCNC(=O)c1ccc2nnsc2c1. The van der Waals surface area contributed by atoms with Gasteiger partial charge in [0.05, 0.1) is 4.70 Å². The topological polar surface area (TPSA) is 54.9 Å². The van der Waals surface area contributed by atoms with Gasteiger partial charge in [0.25, 0.3) is 5.91 Å². The molecule has 0 bridgehead atoms. The zero-order valence-corrected chi connectivity index (χ0v) is 9.88. The molecule has 0 saturated heterocycles. The lowest BCUT2D eigenvalue weighted by molar-refractivity contribution is 0.0953. The average Bonchev–Trinajstić information content (AvgIpc) is 2.76. The lowest BCUT2D eigenvalue weighted by Crippen LogP contribution is -2.24. The molecule has 2 rings (SSSR count). The molecule has 0 unspecified atom stereocenters. The highest BCUT2D eigenvalue weighted by atomic mass is 32.1. The molecule has 2 aromatic rings. The maximum Gasteiger partial charge on any atom is 0.251 e. The molecule has 1 N–H and O–H groups in total. The highest BCUT2D eigenvalue weighted by molar-refractivity contribution is 7.12. The molecule has 0 aliphatic carbocycles. The van der Waals surface area contributed by atoms with Gasteiger partial charge >= 0.3 is 0 Å². The molecule has 84 valence electrons. The van der Waals surface area contributed by atoms with Crippen LogP contribution in [0.1, 0.15) is 30.1 Å². The number of amides is 1. The highest BCUT2D eigenvalue weighted by Crippen LogP contribution is 2.16. The first-order chi connectivity index (χ1) is 7.81. The second-order valence-corrected chi connectivity index (χ2v) is 4.35. The first-order valence-corrected chi connectivity index (χ1v) is 6.09. The predicted octanol–water partition coefficient (Wildman–Crippen LogP) is 2.22. The van der Waals surface area contributed by atoms with Crippen molar-refractivity contribution in [2.75, 3.05) is 6.54 Å². The van der Waals surface area contributed by atoms with Crippen molar-refractivity contribution in [3.8, 4) is 0 Å². The molecular formula is C11H13N3OS. The molecule has 5 heteroatoms. The number of unbranched alkanes of at least 4 members (excludes halogenated alkanes) is 1. The lowest BCUT2D eigenvalue weighted by Gasteiger charge is -2.03. The first-order valence-electron chi connectivity index (χ1n) is 5.31. The van der Waals surface area contributed by atoms with Crippen molar-refractivity contribution in [2.45, 2.75) is 19.8 Å². The van der Waals surface area contributed by atoms with Gasteiger partial charge in [-0.05, 0) is 36.2 Å². The number of carbonyl (C=O) groups is 1. The summed E-state index contributed by atoms with van der Waals surface area (Å²) in [6.45, 7) is 2.83. The van der Waals surface area contributed by atoms with Gasteiger partial charge in [0.2, 0.25) is 0 Å². The predicted molar refractivity (Wildman–Crippen MR) is 64.7 cm³/mol. The molecule has 1 aromatic heterocycles. The van der Waals surface area contributed by atoms with E-state index in [1.807, 2.05) is 12.1 Å². The third-order valence-corrected chi connectivity index (χ3v) is 3.01. The summed E-state index contributed by atoms with van der Waals surface area (Å²) < 4.78 is 4.78. The van der Waals surface area contributed by atoms with E-state index in [2.05, 4.69) is 21.8 Å². The second-order valence-electron chi connectivity index (χ2n) is 3.56. The number of rotatable bonds is 4. The van der Waals surface area contributed by atoms with E-state index in [1.165, 1.54) is 11.5 Å². The fourth-order valence-corrected chi connectivity index (χ4v) is 2.00. The molecule has 0 radical (unpaired) electrons. The number of nitrogens with zero attached hydrogens (tertiary/aromatic N) is 2. The number of aromatic nitrogens is 2. The van der Waals surface area contributed by atoms with Gasteiger partial charge in [0.1, 0.15) is 5.52 Å². The Kier molecular flexibility index (Phi) is 3.46. The Balaban J connectivity index is 2.10. The molecule has 4 nitrogen and oxygen atoms in total. The van der Waals surface area contributed by atoms with Gasteiger partial charge in [0.15, 0.2) is 0 Å². The quantitative estimate of drug-likeness (QED) is 0.827. The standard InChI is InChI=1S/C11H13N3OS/c1-2-3-6-12-11(15)8-4-5-9-10(7-8)16-14-13-9/h4-5,7H,2-3,6H2,1H3,(H,12,15). The van der Waals surface area contributed by atoms with Crippen LogP contribution in [0.25, 0.3) is 10.2 Å². The van der Waals surface area contributed by atoms with Crippen LogP contribution in [0.2, 0.25) is 0 Å². The van der Waals surface area contributed by atoms with Crippen molar-refractivity contribution in [1.82, 2.24) is 14.9 Å². The Bertz CT molecular complexity index is 495. The summed E-state index contributed by atoms with van der Waals surface area (Å²) in [6.07, 6.45) is 2.09. The number of benzene rings is 1. The summed E-state index contributed by atoms with van der Waals surface area (Å²) in [5.74, 6) is -0.0243. The van der Waals surface area contributed by atoms with Crippen LogP contribution in [0.15, 0.2) is 18.2 Å². The summed E-state index contributed by atoms with van der Waals surface area (Å²) in [5.41, 5.74) is 1.52. The van der Waals surface area contributed by atoms with Crippen molar-refractivity contribution in [3.63, 3.8) is 0 Å². The smallest absolute Gasteiger partial charge is 0.251 e. The van der Waals surface area contributed by atoms with Gasteiger partial charge < -0.3 is 5.32 Å². The lowest BCUT2D eigenvalue weighted by atomic mass is 10.2. The van der Waals surface area contributed by atoms with Crippen molar-refractivity contribution < 1.29 is 4.79 Å². The molecule has 1 amide bonds. The van der Waals surface area contributed by atoms with E-state index in [0.29, 0.717) is 5.56 Å². The summed E-state index contributed by atoms with van der Waals surface area (Å²) in [5, 5.41) is 6.81. The van der Waals surface area contributed by atoms with E-state index in [1.54, 1.807) is 6.07 Å². The Morgan fingerprint density at radius 3 is 3.19 bits per heavy atom. The number of hydrogen-bond acceptors (Lipinski definition) is 4. The Labute approximate surface area is 97.8 Å². The fourth-order valence-electron chi connectivity index (χ4n) is 1.40. The molecule has 0 saturated carbocycles. The zero-order chi connectivity index (χ0) is 11.4. The Morgan fingerprint density at radius 1 is 1.50 bits per heavy atom. The number of hydrogen-bond donors (Lipinski definition) is 1. The fraction of sp³-hybridized carbons (Fsp3) is 0.364. The van der Waals surface area contributed by atoms with Crippen LogP contribution in [-0.2, 0) is 0 Å². The third-order valence-electron chi connectivity index (χ3n) is 2.33. The van der Waals surface area contributed by atoms with Gasteiger partial charge in [-0.15, -0.1) is 5.10 Å². The average molecular weight is 235 g/mol. The summed E-state index contributed by atoms with van der Waals surface area (Å²) in [6, 6.07) is 5.44. The molecule has 0 spiro atoms. The van der Waals surface area contributed by atoms with E-state index in [-0.39, 0.29) is 5.91 Å². The molecule has 1 heterocycles. The van der Waals surface area contributed by atoms with Gasteiger partial charge in [0, 0.05) is 12.1 Å². The molecule has 0 aliphatic rings. The van der Waals surface area contributed by atoms with E-state index in [0.717, 1.165) is 29.6 Å². The van der Waals surface area contributed by atoms with Crippen LogP contribution >= 0.6 is 11.5 Å². The summed E-state index contributed by atoms with van der Waals surface area (Å²) in [7, 11) is 0. The van der Waals surface area contributed by atoms with Crippen LogP contribution in [0.3, 0.4) is 0 Å². The largest absolute Gasteiger partial charge is 0.352 e. The van der Waals surface area contributed by atoms with Gasteiger partial charge in [-0.3, -0.25) is 4.79 Å². The normalized spacial score (nSPS) is 10.6. The third kappa shape index (κ3) is 2.36. The number of nitrogens with one attached hydrogen (secondary N) is 1. The Morgan fingerprint density at radius 2 is 2.38 bits per heavy atom. The van der Waals surface area contributed by atoms with E-state index >= 15 is 0 Å². The van der Waals surface area contributed by atoms with E-state index in [9.17, 15) is 4.79 Å². The van der Waals surface area contributed by atoms with E-state index < -0.39 is 0 Å². The zero-order valence-electron chi connectivity index (χ0n) is 9.06. The van der Waals surface area contributed by atoms with Crippen molar-refractivity contribution >= 4 is 27.7 Å². The molecule has 1 aromatic carbocycles. The monoisotopic (exact) mass is 235 g/mol. The van der Waals surface area contributed by atoms with Crippen LogP contribution in [0, 0.1) is 0 Å². The molecule has 0 aliphatic heterocycles. The molecule has 16 heavy (non-hydrogen) atoms.